The van der Waals surface area contributed by atoms with E-state index >= 15 is 0 Å². The van der Waals surface area contributed by atoms with Crippen molar-refractivity contribution in [1.29, 1.82) is 0 Å². The first kappa shape index (κ1) is 12.9. The fourth-order valence-corrected chi connectivity index (χ4v) is 1.76. The van der Waals surface area contributed by atoms with Crippen molar-refractivity contribution in [2.75, 3.05) is 6.54 Å². The minimum Gasteiger partial charge on any atom is -0.481 e. The molecule has 8 nitrogen and oxygen atoms in total. The molecule has 1 heterocycles. The maximum atomic E-state index is 11.4. The molecule has 0 aromatic carbocycles. The van der Waals surface area contributed by atoms with Crippen LogP contribution >= 0.6 is 0 Å². The predicted octanol–water partition coefficient (Wildman–Crippen LogP) is -1.15. The topological polar surface area (TPSA) is 132 Å². The van der Waals surface area contributed by atoms with E-state index in [0.717, 1.165) is 4.90 Å². The number of amides is 1. The van der Waals surface area contributed by atoms with E-state index in [1.54, 1.807) is 0 Å². The number of aliphatic carboxylic acids is 3. The van der Waals surface area contributed by atoms with Gasteiger partial charge in [-0.3, -0.25) is 14.4 Å². The van der Waals surface area contributed by atoms with Gasteiger partial charge in [0.1, 0.15) is 12.5 Å². The van der Waals surface area contributed by atoms with Crippen molar-refractivity contribution in [1.82, 2.24) is 4.90 Å². The van der Waals surface area contributed by atoms with Gasteiger partial charge in [0.2, 0.25) is 5.91 Å². The monoisotopic (exact) mass is 245 g/mol. The van der Waals surface area contributed by atoms with Gasteiger partial charge in [-0.25, -0.2) is 4.79 Å². The van der Waals surface area contributed by atoms with Crippen LogP contribution in [0, 0.1) is 5.92 Å². The number of nitrogens with zero attached hydrogens (tertiary/aromatic N) is 1. The Morgan fingerprint density at radius 3 is 2.06 bits per heavy atom. The van der Waals surface area contributed by atoms with Crippen molar-refractivity contribution in [2.45, 2.75) is 18.9 Å². The van der Waals surface area contributed by atoms with E-state index in [0.29, 0.717) is 0 Å². The maximum absolute atomic E-state index is 11.4. The first-order chi connectivity index (χ1) is 7.82. The summed E-state index contributed by atoms with van der Waals surface area (Å²) in [6.07, 6.45) is -1.04. The first-order valence-electron chi connectivity index (χ1n) is 4.79. The van der Waals surface area contributed by atoms with Crippen molar-refractivity contribution in [2.24, 2.45) is 5.92 Å². The SMILES string of the molecule is O=C(O)CC(=O)N1CC(C(=O)O)CC1C(=O)O. The maximum Gasteiger partial charge on any atom is 0.326 e. The molecule has 0 aromatic rings. The number of hydrogen-bond acceptors (Lipinski definition) is 4. The average molecular weight is 245 g/mol. The Morgan fingerprint density at radius 2 is 1.65 bits per heavy atom. The minimum absolute atomic E-state index is 0.198. The molecule has 1 aliphatic heterocycles. The van der Waals surface area contributed by atoms with Crippen LogP contribution in [0.5, 0.6) is 0 Å². The van der Waals surface area contributed by atoms with E-state index in [1.807, 2.05) is 0 Å². The standard InChI is InChI=1S/C9H11NO7/c11-6(2-7(12)13)10-3-4(8(14)15)1-5(10)9(16)17/h4-5H,1-3H2,(H,12,13)(H,14,15)(H,16,17). The highest BCUT2D eigenvalue weighted by molar-refractivity contribution is 5.96. The van der Waals surface area contributed by atoms with E-state index in [1.165, 1.54) is 0 Å². The second-order valence-electron chi connectivity index (χ2n) is 3.74. The largest absolute Gasteiger partial charge is 0.481 e. The lowest BCUT2D eigenvalue weighted by atomic mass is 10.1. The van der Waals surface area contributed by atoms with Crippen LogP contribution in [0.25, 0.3) is 0 Å². The lowest BCUT2D eigenvalue weighted by Crippen LogP contribution is -2.41. The minimum atomic E-state index is -1.38. The summed E-state index contributed by atoms with van der Waals surface area (Å²) < 4.78 is 0. The summed E-state index contributed by atoms with van der Waals surface area (Å²) in [5, 5.41) is 26.0. The van der Waals surface area contributed by atoms with Crippen molar-refractivity contribution in [3.8, 4) is 0 Å². The van der Waals surface area contributed by atoms with Crippen LogP contribution in [-0.4, -0.2) is 56.6 Å². The number of likely N-dealkylation sites (tertiary alicyclic amines) is 1. The molecule has 0 aromatic heterocycles. The lowest BCUT2D eigenvalue weighted by Gasteiger charge is -2.20. The van der Waals surface area contributed by atoms with Gasteiger partial charge in [0.05, 0.1) is 5.92 Å². The Hall–Kier alpha value is -2.12. The molecule has 94 valence electrons. The molecule has 3 N–H and O–H groups in total. The number of rotatable bonds is 4. The van der Waals surface area contributed by atoms with Gasteiger partial charge in [-0.15, -0.1) is 0 Å². The zero-order chi connectivity index (χ0) is 13.2. The number of carbonyl (C=O) groups excluding carboxylic acids is 1. The molecule has 0 bridgehead atoms. The van der Waals surface area contributed by atoms with E-state index in [4.69, 9.17) is 15.3 Å². The Kier molecular flexibility index (Phi) is 3.66. The highest BCUT2D eigenvalue weighted by Gasteiger charge is 2.42. The van der Waals surface area contributed by atoms with Gasteiger partial charge in [0.15, 0.2) is 0 Å². The van der Waals surface area contributed by atoms with Crippen LogP contribution in [0.3, 0.4) is 0 Å². The molecule has 0 radical (unpaired) electrons. The van der Waals surface area contributed by atoms with Crippen molar-refractivity contribution in [3.05, 3.63) is 0 Å². The molecule has 1 fully saturated rings. The normalized spacial score (nSPS) is 23.4. The smallest absolute Gasteiger partial charge is 0.326 e. The molecule has 8 heteroatoms. The van der Waals surface area contributed by atoms with Crippen LogP contribution in [-0.2, 0) is 19.2 Å². The van der Waals surface area contributed by atoms with Gasteiger partial charge in [0.25, 0.3) is 0 Å². The zero-order valence-corrected chi connectivity index (χ0v) is 8.70. The Morgan fingerprint density at radius 1 is 1.06 bits per heavy atom. The Labute approximate surface area is 95.4 Å². The molecule has 1 amide bonds. The van der Waals surface area contributed by atoms with Crippen molar-refractivity contribution < 1.29 is 34.5 Å². The van der Waals surface area contributed by atoms with Gasteiger partial charge in [-0.05, 0) is 6.42 Å². The second kappa shape index (κ2) is 4.81. The van der Waals surface area contributed by atoms with Gasteiger partial charge in [-0.1, -0.05) is 0 Å². The van der Waals surface area contributed by atoms with Gasteiger partial charge < -0.3 is 20.2 Å². The average Bonchev–Trinajstić information content (AvgIpc) is 2.60. The summed E-state index contributed by atoms with van der Waals surface area (Å²) in [6.45, 7) is -0.265. The molecular formula is C9H11NO7. The third-order valence-corrected chi connectivity index (χ3v) is 2.56. The third kappa shape index (κ3) is 2.92. The highest BCUT2D eigenvalue weighted by Crippen LogP contribution is 2.24. The molecule has 2 atom stereocenters. The fraction of sp³-hybridized carbons (Fsp3) is 0.556. The van der Waals surface area contributed by atoms with Crippen LogP contribution in [0.4, 0.5) is 0 Å². The molecule has 17 heavy (non-hydrogen) atoms. The molecule has 2 unspecified atom stereocenters. The number of carboxylic acid groups (broad SMARTS) is 3. The van der Waals surface area contributed by atoms with Crippen molar-refractivity contribution in [3.63, 3.8) is 0 Å². The third-order valence-electron chi connectivity index (χ3n) is 2.56. The molecule has 1 aliphatic rings. The molecule has 1 rings (SSSR count). The predicted molar refractivity (Wildman–Crippen MR) is 51.1 cm³/mol. The fourth-order valence-electron chi connectivity index (χ4n) is 1.76. The van der Waals surface area contributed by atoms with E-state index in [-0.39, 0.29) is 13.0 Å². The molecular weight excluding hydrogens is 234 g/mol. The molecule has 0 aliphatic carbocycles. The summed E-state index contributed by atoms with van der Waals surface area (Å²) in [7, 11) is 0. The number of carboxylic acids is 3. The Bertz CT molecular complexity index is 378. The van der Waals surface area contributed by atoms with Gasteiger partial charge >= 0.3 is 17.9 Å². The second-order valence-corrected chi connectivity index (χ2v) is 3.74. The Balaban J connectivity index is 2.81. The highest BCUT2D eigenvalue weighted by atomic mass is 16.4. The first-order valence-corrected chi connectivity index (χ1v) is 4.79. The van der Waals surface area contributed by atoms with Crippen LogP contribution in [0.15, 0.2) is 0 Å². The van der Waals surface area contributed by atoms with Crippen LogP contribution < -0.4 is 0 Å². The summed E-state index contributed by atoms with van der Waals surface area (Å²) in [6, 6.07) is -1.26. The van der Waals surface area contributed by atoms with Gasteiger partial charge in [0, 0.05) is 6.54 Å². The van der Waals surface area contributed by atoms with Crippen LogP contribution in [0.1, 0.15) is 12.8 Å². The summed E-state index contributed by atoms with van der Waals surface area (Å²) in [5.41, 5.74) is 0. The number of hydrogen-bond donors (Lipinski definition) is 3. The molecule has 1 saturated heterocycles. The number of carbonyl (C=O) groups is 4. The van der Waals surface area contributed by atoms with E-state index in [9.17, 15) is 19.2 Å². The molecule has 0 saturated carbocycles. The quantitative estimate of drug-likeness (QED) is 0.532. The van der Waals surface area contributed by atoms with Gasteiger partial charge in [-0.2, -0.15) is 0 Å². The van der Waals surface area contributed by atoms with E-state index < -0.39 is 42.2 Å². The summed E-state index contributed by atoms with van der Waals surface area (Å²) >= 11 is 0. The van der Waals surface area contributed by atoms with Crippen molar-refractivity contribution >= 4 is 23.8 Å². The molecule has 0 spiro atoms. The summed E-state index contributed by atoms with van der Waals surface area (Å²) in [4.78, 5) is 44.1. The van der Waals surface area contributed by atoms with E-state index in [2.05, 4.69) is 0 Å². The summed E-state index contributed by atoms with van der Waals surface area (Å²) in [5.74, 6) is -5.74. The van der Waals surface area contributed by atoms with Crippen LogP contribution in [0.2, 0.25) is 0 Å². The lowest BCUT2D eigenvalue weighted by molar-refractivity contribution is -0.151. The zero-order valence-electron chi connectivity index (χ0n) is 8.70.